The van der Waals surface area contributed by atoms with Crippen LogP contribution in [0, 0.1) is 18.6 Å². The summed E-state index contributed by atoms with van der Waals surface area (Å²) in [6.45, 7) is 1.50. The second kappa shape index (κ2) is 4.92. The molecule has 0 radical (unpaired) electrons. The Morgan fingerprint density at radius 1 is 1.33 bits per heavy atom. The molecule has 2 aromatic heterocycles. The van der Waals surface area contributed by atoms with E-state index in [2.05, 4.69) is 4.98 Å². The van der Waals surface area contributed by atoms with E-state index in [0.29, 0.717) is 5.82 Å². The van der Waals surface area contributed by atoms with Crippen LogP contribution in [0.25, 0.3) is 22.4 Å². The number of aliphatic carboxylic acids is 1. The Bertz CT molecular complexity index is 854. The number of halogens is 2. The molecule has 0 spiro atoms. The molecule has 0 aliphatic carbocycles. The smallest absolute Gasteiger partial charge is 0.323 e. The van der Waals surface area contributed by atoms with Gasteiger partial charge < -0.3 is 9.67 Å². The Morgan fingerprint density at radius 2 is 2.05 bits per heavy atom. The number of hydrogen-bond acceptors (Lipinski definition) is 3. The van der Waals surface area contributed by atoms with E-state index in [1.54, 1.807) is 0 Å². The highest BCUT2D eigenvalue weighted by Gasteiger charge is 2.18. The van der Waals surface area contributed by atoms with Gasteiger partial charge in [-0.25, -0.2) is 13.8 Å². The molecule has 2 heterocycles. The summed E-state index contributed by atoms with van der Waals surface area (Å²) in [4.78, 5) is 15.3. The number of benzene rings is 1. The molecule has 1 aromatic carbocycles. The normalized spacial score (nSPS) is 11.2. The van der Waals surface area contributed by atoms with Gasteiger partial charge >= 0.3 is 5.97 Å². The maximum atomic E-state index is 13.4. The first kappa shape index (κ1) is 13.7. The van der Waals surface area contributed by atoms with Gasteiger partial charge in [-0.2, -0.15) is 11.3 Å². The predicted molar refractivity (Wildman–Crippen MR) is 75.3 cm³/mol. The summed E-state index contributed by atoms with van der Waals surface area (Å²) in [7, 11) is 0. The maximum Gasteiger partial charge on any atom is 0.323 e. The van der Waals surface area contributed by atoms with E-state index < -0.39 is 17.6 Å². The number of fused-ring (bicyclic) bond motifs is 1. The van der Waals surface area contributed by atoms with E-state index in [9.17, 15) is 13.6 Å². The van der Waals surface area contributed by atoms with E-state index in [1.165, 1.54) is 15.9 Å². The average Bonchev–Trinajstić information content (AvgIpc) is 2.95. The molecule has 0 bridgehead atoms. The van der Waals surface area contributed by atoms with Crippen LogP contribution in [0.2, 0.25) is 0 Å². The van der Waals surface area contributed by atoms with Crippen LogP contribution in [0.3, 0.4) is 0 Å². The molecule has 0 saturated heterocycles. The van der Waals surface area contributed by atoms with E-state index in [1.807, 2.05) is 17.7 Å². The summed E-state index contributed by atoms with van der Waals surface area (Å²) in [5.74, 6) is -2.71. The first-order valence-electron chi connectivity index (χ1n) is 6.07. The Kier molecular flexibility index (Phi) is 3.21. The lowest BCUT2D eigenvalue weighted by Crippen LogP contribution is -2.10. The molecular formula is C14H10F2N2O2S. The number of aromatic nitrogens is 2. The monoisotopic (exact) mass is 308 g/mol. The molecule has 21 heavy (non-hydrogen) atoms. The summed E-state index contributed by atoms with van der Waals surface area (Å²) in [6.07, 6.45) is 0. The number of hydrogen-bond donors (Lipinski definition) is 1. The molecule has 7 heteroatoms. The van der Waals surface area contributed by atoms with Gasteiger partial charge in [0.05, 0.1) is 11.0 Å². The second-order valence-corrected chi connectivity index (χ2v) is 5.38. The highest BCUT2D eigenvalue weighted by Crippen LogP contribution is 2.30. The lowest BCUT2D eigenvalue weighted by atomic mass is 10.2. The quantitative estimate of drug-likeness (QED) is 0.806. The maximum absolute atomic E-state index is 13.4. The fourth-order valence-corrected chi connectivity index (χ4v) is 3.04. The van der Waals surface area contributed by atoms with Crippen LogP contribution >= 0.6 is 11.3 Å². The van der Waals surface area contributed by atoms with Gasteiger partial charge in [-0.1, -0.05) is 0 Å². The zero-order valence-corrected chi connectivity index (χ0v) is 11.7. The summed E-state index contributed by atoms with van der Waals surface area (Å²) in [6, 6.07) is 1.96. The molecule has 0 atom stereocenters. The number of nitrogens with zero attached hydrogens (tertiary/aromatic N) is 2. The van der Waals surface area contributed by atoms with Crippen molar-refractivity contribution in [1.29, 1.82) is 0 Å². The third-order valence-electron chi connectivity index (χ3n) is 3.18. The van der Waals surface area contributed by atoms with Crippen molar-refractivity contribution in [1.82, 2.24) is 9.55 Å². The number of carbonyl (C=O) groups is 1. The van der Waals surface area contributed by atoms with Gasteiger partial charge in [0.2, 0.25) is 0 Å². The number of rotatable bonds is 3. The van der Waals surface area contributed by atoms with Crippen molar-refractivity contribution in [2.45, 2.75) is 13.5 Å². The summed E-state index contributed by atoms with van der Waals surface area (Å²) < 4.78 is 28.2. The number of thiophene rings is 1. The Hall–Kier alpha value is -2.28. The Labute approximate surface area is 122 Å². The topological polar surface area (TPSA) is 55.1 Å². The number of aryl methyl sites for hydroxylation is 1. The zero-order valence-electron chi connectivity index (χ0n) is 10.9. The Balaban J connectivity index is 2.33. The molecular weight excluding hydrogens is 298 g/mol. The molecule has 3 aromatic rings. The van der Waals surface area contributed by atoms with Gasteiger partial charge in [0.25, 0.3) is 0 Å². The van der Waals surface area contributed by atoms with E-state index >= 15 is 0 Å². The predicted octanol–water partition coefficient (Wildman–Crippen LogP) is 3.44. The molecule has 0 aliphatic rings. The third-order valence-corrected chi connectivity index (χ3v) is 4.04. The number of carboxylic acids is 1. The van der Waals surface area contributed by atoms with Gasteiger partial charge in [0.15, 0.2) is 11.6 Å². The van der Waals surface area contributed by atoms with Crippen molar-refractivity contribution in [3.63, 3.8) is 0 Å². The molecule has 0 aliphatic heterocycles. The molecule has 0 saturated carbocycles. The highest BCUT2D eigenvalue weighted by molar-refractivity contribution is 7.08. The fraction of sp³-hybridized carbons (Fsp3) is 0.143. The first-order valence-corrected chi connectivity index (χ1v) is 7.02. The number of imidazole rings is 1. The van der Waals surface area contributed by atoms with Gasteiger partial charge in [0, 0.05) is 23.1 Å². The van der Waals surface area contributed by atoms with Crippen molar-refractivity contribution in [2.75, 3.05) is 0 Å². The van der Waals surface area contributed by atoms with Crippen molar-refractivity contribution >= 4 is 28.3 Å². The number of carboxylic acid groups (broad SMARTS) is 1. The fourth-order valence-electron chi connectivity index (χ4n) is 2.21. The van der Waals surface area contributed by atoms with Crippen LogP contribution in [-0.2, 0) is 11.3 Å². The minimum atomic E-state index is -1.08. The summed E-state index contributed by atoms with van der Waals surface area (Å²) in [5, 5.41) is 12.8. The van der Waals surface area contributed by atoms with Gasteiger partial charge in [-0.3, -0.25) is 4.79 Å². The lowest BCUT2D eigenvalue weighted by Gasteiger charge is -2.06. The van der Waals surface area contributed by atoms with E-state index in [0.717, 1.165) is 23.3 Å². The van der Waals surface area contributed by atoms with Crippen molar-refractivity contribution in [2.24, 2.45) is 0 Å². The van der Waals surface area contributed by atoms with Crippen molar-refractivity contribution in [3.05, 3.63) is 40.1 Å². The molecule has 108 valence electrons. The van der Waals surface area contributed by atoms with Crippen LogP contribution < -0.4 is 0 Å². The average molecular weight is 308 g/mol. The molecule has 3 rings (SSSR count). The zero-order chi connectivity index (χ0) is 15.1. The van der Waals surface area contributed by atoms with Crippen molar-refractivity contribution in [3.8, 4) is 11.4 Å². The summed E-state index contributed by atoms with van der Waals surface area (Å²) in [5.41, 5.74) is 2.19. The van der Waals surface area contributed by atoms with E-state index in [-0.39, 0.29) is 17.6 Å². The van der Waals surface area contributed by atoms with Crippen molar-refractivity contribution < 1.29 is 18.7 Å². The molecule has 0 fully saturated rings. The SMILES string of the molecule is Cc1cscc1-c1nc2cc(F)c(F)cc2n1CC(=O)O. The van der Waals surface area contributed by atoms with Gasteiger partial charge in [-0.05, 0) is 17.9 Å². The standard InChI is InChI=1S/C14H10F2N2O2S/c1-7-5-21-6-8(7)14-17-11-2-9(15)10(16)3-12(11)18(14)4-13(19)20/h2-3,5-6H,4H2,1H3,(H,19,20). The molecule has 4 nitrogen and oxygen atoms in total. The van der Waals surface area contributed by atoms with Crippen LogP contribution in [0.15, 0.2) is 22.9 Å². The second-order valence-electron chi connectivity index (χ2n) is 4.64. The third kappa shape index (κ3) is 2.29. The molecule has 1 N–H and O–H groups in total. The minimum Gasteiger partial charge on any atom is -0.480 e. The van der Waals surface area contributed by atoms with E-state index in [4.69, 9.17) is 5.11 Å². The van der Waals surface area contributed by atoms with Crippen LogP contribution in [-0.4, -0.2) is 20.6 Å². The highest BCUT2D eigenvalue weighted by atomic mass is 32.1. The lowest BCUT2D eigenvalue weighted by molar-refractivity contribution is -0.137. The van der Waals surface area contributed by atoms with Crippen LogP contribution in [0.4, 0.5) is 8.78 Å². The molecule has 0 unspecified atom stereocenters. The Morgan fingerprint density at radius 3 is 2.67 bits per heavy atom. The van der Waals surface area contributed by atoms with Crippen LogP contribution in [0.5, 0.6) is 0 Å². The van der Waals surface area contributed by atoms with Crippen LogP contribution in [0.1, 0.15) is 5.56 Å². The van der Waals surface area contributed by atoms with Gasteiger partial charge in [0.1, 0.15) is 12.4 Å². The van der Waals surface area contributed by atoms with Gasteiger partial charge in [-0.15, -0.1) is 0 Å². The molecule has 0 amide bonds. The summed E-state index contributed by atoms with van der Waals surface area (Å²) >= 11 is 1.46. The minimum absolute atomic E-state index is 0.232. The largest absolute Gasteiger partial charge is 0.480 e. The first-order chi connectivity index (χ1) is 9.97.